The van der Waals surface area contributed by atoms with Crippen molar-refractivity contribution in [3.05, 3.63) is 65.5 Å². The van der Waals surface area contributed by atoms with Gasteiger partial charge in [0.15, 0.2) is 0 Å². The quantitative estimate of drug-likeness (QED) is 0.778. The average molecular weight is 357 g/mol. The van der Waals surface area contributed by atoms with Crippen molar-refractivity contribution in [3.63, 3.8) is 0 Å². The molecular formula is C20H24FN3O2. The van der Waals surface area contributed by atoms with E-state index in [2.05, 4.69) is 5.32 Å². The second-order valence-electron chi connectivity index (χ2n) is 6.39. The number of nitrogen functional groups attached to an aromatic ring is 1. The van der Waals surface area contributed by atoms with E-state index in [0.717, 1.165) is 11.3 Å². The lowest BCUT2D eigenvalue weighted by molar-refractivity contribution is -0.128. The number of ether oxygens (including phenoxy) is 1. The number of morpholine rings is 1. The summed E-state index contributed by atoms with van der Waals surface area (Å²) in [7, 11) is 0. The zero-order chi connectivity index (χ0) is 18.4. The van der Waals surface area contributed by atoms with Crippen LogP contribution in [0, 0.1) is 5.82 Å². The summed E-state index contributed by atoms with van der Waals surface area (Å²) in [6.45, 7) is 2.95. The average Bonchev–Trinajstić information content (AvgIpc) is 2.65. The third-order valence-electron chi connectivity index (χ3n) is 4.52. The van der Waals surface area contributed by atoms with Crippen LogP contribution < -0.4 is 11.1 Å². The Labute approximate surface area is 152 Å². The van der Waals surface area contributed by atoms with E-state index < -0.39 is 6.04 Å². The van der Waals surface area contributed by atoms with E-state index in [4.69, 9.17) is 10.5 Å². The molecule has 5 nitrogen and oxygen atoms in total. The van der Waals surface area contributed by atoms with Crippen LogP contribution in [0.1, 0.15) is 17.2 Å². The Morgan fingerprint density at radius 1 is 1.19 bits per heavy atom. The molecule has 0 bridgehead atoms. The number of carbonyl (C=O) groups excluding carboxylic acids is 1. The summed E-state index contributed by atoms with van der Waals surface area (Å²) in [5, 5.41) is 2.99. The number of hydrogen-bond donors (Lipinski definition) is 2. The molecule has 1 atom stereocenters. The van der Waals surface area contributed by atoms with Gasteiger partial charge in [0.25, 0.3) is 0 Å². The summed E-state index contributed by atoms with van der Waals surface area (Å²) in [6.07, 6.45) is 0.713. The Kier molecular flexibility index (Phi) is 6.20. The summed E-state index contributed by atoms with van der Waals surface area (Å²) < 4.78 is 19.1. The standard InChI is InChI=1S/C20H24FN3O2/c21-17-3-1-2-16(14-17)19(24-10-12-26-13-11-24)20(25)23-9-8-15-4-6-18(22)7-5-15/h1-7,14,19H,8-13,22H2,(H,23,25). The normalized spacial score (nSPS) is 16.2. The van der Waals surface area contributed by atoms with Crippen LogP contribution in [-0.2, 0) is 16.0 Å². The van der Waals surface area contributed by atoms with Gasteiger partial charge in [-0.3, -0.25) is 9.69 Å². The molecule has 2 aromatic rings. The van der Waals surface area contributed by atoms with E-state index in [1.807, 2.05) is 29.2 Å². The van der Waals surface area contributed by atoms with Crippen molar-refractivity contribution >= 4 is 11.6 Å². The van der Waals surface area contributed by atoms with Crippen LogP contribution in [0.5, 0.6) is 0 Å². The number of benzene rings is 2. The fourth-order valence-electron chi connectivity index (χ4n) is 3.15. The Hall–Kier alpha value is -2.44. The van der Waals surface area contributed by atoms with Crippen molar-refractivity contribution in [2.24, 2.45) is 0 Å². The predicted molar refractivity (Wildman–Crippen MR) is 99.1 cm³/mol. The number of nitrogens with zero attached hydrogens (tertiary/aromatic N) is 1. The first kappa shape index (κ1) is 18.4. The number of anilines is 1. The molecule has 1 aliphatic heterocycles. The molecule has 26 heavy (non-hydrogen) atoms. The molecule has 0 aliphatic carbocycles. The Bertz CT molecular complexity index is 730. The van der Waals surface area contributed by atoms with Gasteiger partial charge in [-0.05, 0) is 41.8 Å². The molecule has 1 unspecified atom stereocenters. The first-order chi connectivity index (χ1) is 12.6. The Morgan fingerprint density at radius 2 is 1.92 bits per heavy atom. The lowest BCUT2D eigenvalue weighted by atomic mass is 10.0. The maximum Gasteiger partial charge on any atom is 0.241 e. The van der Waals surface area contributed by atoms with Crippen molar-refractivity contribution < 1.29 is 13.9 Å². The van der Waals surface area contributed by atoms with Crippen LogP contribution in [0.2, 0.25) is 0 Å². The van der Waals surface area contributed by atoms with E-state index in [1.54, 1.807) is 12.1 Å². The van der Waals surface area contributed by atoms with E-state index >= 15 is 0 Å². The zero-order valence-electron chi connectivity index (χ0n) is 14.7. The van der Waals surface area contributed by atoms with Gasteiger partial charge in [-0.15, -0.1) is 0 Å². The first-order valence-corrected chi connectivity index (χ1v) is 8.83. The second kappa shape index (κ2) is 8.78. The van der Waals surface area contributed by atoms with Crippen LogP contribution in [-0.4, -0.2) is 43.7 Å². The topological polar surface area (TPSA) is 67.6 Å². The predicted octanol–water partition coefficient (Wildman–Crippen LogP) is 2.14. The number of halogens is 1. The van der Waals surface area contributed by atoms with Crippen molar-refractivity contribution in [3.8, 4) is 0 Å². The summed E-state index contributed by atoms with van der Waals surface area (Å²) in [4.78, 5) is 14.9. The molecule has 2 aromatic carbocycles. The maximum absolute atomic E-state index is 13.7. The minimum absolute atomic E-state index is 0.118. The van der Waals surface area contributed by atoms with Gasteiger partial charge < -0.3 is 15.8 Å². The molecule has 1 saturated heterocycles. The summed E-state index contributed by atoms with van der Waals surface area (Å²) in [5.41, 5.74) is 8.17. The minimum Gasteiger partial charge on any atom is -0.399 e. The van der Waals surface area contributed by atoms with E-state index in [-0.39, 0.29) is 11.7 Å². The van der Waals surface area contributed by atoms with Crippen molar-refractivity contribution in [1.82, 2.24) is 10.2 Å². The van der Waals surface area contributed by atoms with Gasteiger partial charge in [-0.1, -0.05) is 24.3 Å². The maximum atomic E-state index is 13.7. The van der Waals surface area contributed by atoms with Gasteiger partial charge in [0.2, 0.25) is 5.91 Å². The van der Waals surface area contributed by atoms with Gasteiger partial charge in [-0.2, -0.15) is 0 Å². The fraction of sp³-hybridized carbons (Fsp3) is 0.350. The molecule has 3 rings (SSSR count). The van der Waals surface area contributed by atoms with Crippen LogP contribution in [0.15, 0.2) is 48.5 Å². The molecule has 0 radical (unpaired) electrons. The molecule has 1 aliphatic rings. The smallest absolute Gasteiger partial charge is 0.241 e. The summed E-state index contributed by atoms with van der Waals surface area (Å²) in [6, 6.07) is 13.3. The number of amides is 1. The highest BCUT2D eigenvalue weighted by molar-refractivity contribution is 5.83. The largest absolute Gasteiger partial charge is 0.399 e. The van der Waals surface area contributed by atoms with Crippen LogP contribution in [0.25, 0.3) is 0 Å². The molecule has 1 heterocycles. The third-order valence-corrected chi connectivity index (χ3v) is 4.52. The van der Waals surface area contributed by atoms with E-state index in [1.165, 1.54) is 12.1 Å². The highest BCUT2D eigenvalue weighted by Crippen LogP contribution is 2.23. The monoisotopic (exact) mass is 357 g/mol. The van der Waals surface area contributed by atoms with Crippen molar-refractivity contribution in [1.29, 1.82) is 0 Å². The zero-order valence-corrected chi connectivity index (χ0v) is 14.7. The highest BCUT2D eigenvalue weighted by Gasteiger charge is 2.29. The van der Waals surface area contributed by atoms with Gasteiger partial charge >= 0.3 is 0 Å². The Morgan fingerprint density at radius 3 is 2.62 bits per heavy atom. The Balaban J connectivity index is 1.67. The van der Waals surface area contributed by atoms with Crippen molar-refractivity contribution in [2.75, 3.05) is 38.6 Å². The van der Waals surface area contributed by atoms with Gasteiger partial charge in [-0.25, -0.2) is 4.39 Å². The molecule has 3 N–H and O–H groups in total. The molecule has 1 fully saturated rings. The van der Waals surface area contributed by atoms with Gasteiger partial charge in [0, 0.05) is 25.3 Å². The van der Waals surface area contributed by atoms with Crippen molar-refractivity contribution in [2.45, 2.75) is 12.5 Å². The number of rotatable bonds is 6. The number of nitrogens with one attached hydrogen (secondary N) is 1. The van der Waals surface area contributed by atoms with Crippen LogP contribution in [0.3, 0.4) is 0 Å². The number of carbonyl (C=O) groups is 1. The van der Waals surface area contributed by atoms with Gasteiger partial charge in [0.05, 0.1) is 13.2 Å². The highest BCUT2D eigenvalue weighted by atomic mass is 19.1. The second-order valence-corrected chi connectivity index (χ2v) is 6.39. The summed E-state index contributed by atoms with van der Waals surface area (Å²) in [5.74, 6) is -0.455. The fourth-order valence-corrected chi connectivity index (χ4v) is 3.15. The lowest BCUT2D eigenvalue weighted by Gasteiger charge is -2.33. The molecule has 0 saturated carbocycles. The molecule has 1 amide bonds. The molecule has 138 valence electrons. The van der Waals surface area contributed by atoms with E-state index in [0.29, 0.717) is 44.8 Å². The minimum atomic E-state index is -0.513. The van der Waals surface area contributed by atoms with Crippen LogP contribution >= 0.6 is 0 Å². The molecule has 0 aromatic heterocycles. The lowest BCUT2D eigenvalue weighted by Crippen LogP contribution is -2.46. The van der Waals surface area contributed by atoms with E-state index in [9.17, 15) is 9.18 Å². The number of nitrogens with two attached hydrogens (primary N) is 1. The summed E-state index contributed by atoms with van der Waals surface area (Å²) >= 11 is 0. The third kappa shape index (κ3) is 4.80. The molecular weight excluding hydrogens is 333 g/mol. The first-order valence-electron chi connectivity index (χ1n) is 8.83. The SMILES string of the molecule is Nc1ccc(CCNC(=O)C(c2cccc(F)c2)N2CCOCC2)cc1. The van der Waals surface area contributed by atoms with Crippen LogP contribution in [0.4, 0.5) is 10.1 Å². The molecule has 6 heteroatoms. The molecule has 0 spiro atoms. The number of hydrogen-bond acceptors (Lipinski definition) is 4. The van der Waals surface area contributed by atoms with Gasteiger partial charge in [0.1, 0.15) is 11.9 Å².